The number of benzene rings is 17. The summed E-state index contributed by atoms with van der Waals surface area (Å²) in [4.78, 5) is 5.13. The lowest BCUT2D eigenvalue weighted by Crippen LogP contribution is -2.62. The molecule has 0 N–H and O–H groups in total. The van der Waals surface area contributed by atoms with Crippen molar-refractivity contribution in [3.63, 3.8) is 0 Å². The molecule has 7 bridgehead atoms. The Hall–Kier alpha value is -13.9. The molecule has 128 heavy (non-hydrogen) atoms. The lowest BCUT2D eigenvalue weighted by atomic mass is 9.38. The lowest BCUT2D eigenvalue weighted by molar-refractivity contribution is -0.0820. The molecule has 1 heterocycles. The van der Waals surface area contributed by atoms with Crippen LogP contribution in [0.2, 0.25) is 0 Å². The molecule has 0 aliphatic heterocycles. The van der Waals surface area contributed by atoms with Gasteiger partial charge >= 0.3 is 0 Å². The van der Waals surface area contributed by atoms with Crippen molar-refractivity contribution in [3.05, 3.63) is 445 Å². The third-order valence-electron chi connectivity index (χ3n) is 34.8. The summed E-state index contributed by atoms with van der Waals surface area (Å²) in [6.07, 6.45) is 14.0. The maximum absolute atomic E-state index is 6.67. The van der Waals surface area contributed by atoms with Crippen LogP contribution in [0.3, 0.4) is 0 Å². The highest BCUT2D eigenvalue weighted by atomic mass is 16.3. The Bertz CT molecular complexity index is 7600. The topological polar surface area (TPSA) is 19.6 Å². The second-order valence-corrected chi connectivity index (χ2v) is 40.2. The van der Waals surface area contributed by atoms with Gasteiger partial charge in [0.1, 0.15) is 11.2 Å². The normalized spacial score (nSPS) is 24.9. The Morgan fingerprint density at radius 1 is 0.250 bits per heavy atom. The summed E-state index contributed by atoms with van der Waals surface area (Å²) >= 11 is 0. The highest BCUT2D eigenvalue weighted by molar-refractivity contribution is 6.10. The van der Waals surface area contributed by atoms with Crippen LogP contribution in [-0.4, -0.2) is 0 Å². The molecule has 0 saturated heterocycles. The third-order valence-corrected chi connectivity index (χ3v) is 34.8. The van der Waals surface area contributed by atoms with E-state index in [2.05, 4.69) is 410 Å². The van der Waals surface area contributed by atoms with Gasteiger partial charge in [-0.3, -0.25) is 0 Å². The van der Waals surface area contributed by atoms with Crippen LogP contribution >= 0.6 is 0 Å². The van der Waals surface area contributed by atoms with Gasteiger partial charge in [0, 0.05) is 61.0 Å². The van der Waals surface area contributed by atoms with Gasteiger partial charge in [-0.2, -0.15) is 0 Å². The van der Waals surface area contributed by atoms with Crippen LogP contribution in [0.4, 0.5) is 34.1 Å². The molecule has 0 radical (unpaired) electrons. The molecule has 3 nitrogen and oxygen atoms in total. The summed E-state index contributed by atoms with van der Waals surface area (Å²) in [6, 6.07) is 154. The van der Waals surface area contributed by atoms with Gasteiger partial charge in [0.25, 0.3) is 0 Å². The molecule has 9 saturated carbocycles. The summed E-state index contributed by atoms with van der Waals surface area (Å²) in [5.74, 6) is 5.99. The molecule has 12 aliphatic carbocycles. The Morgan fingerprint density at radius 3 is 1.40 bits per heavy atom. The summed E-state index contributed by atoms with van der Waals surface area (Å²) in [7, 11) is 0. The number of fused-ring (bicyclic) bond motifs is 18. The van der Waals surface area contributed by atoms with Gasteiger partial charge in [0.15, 0.2) is 0 Å². The molecule has 17 aromatic carbocycles. The summed E-state index contributed by atoms with van der Waals surface area (Å²) in [5.41, 5.74) is 43.4. The Morgan fingerprint density at radius 2 is 0.711 bits per heavy atom. The molecule has 4 spiro atoms. The van der Waals surface area contributed by atoms with E-state index >= 15 is 0 Å². The standard InChI is InChI=1S/C125H94N2O/c1-4-24-80(25-5-1)81-48-55-90(56-49-81)126(91-59-52-83(53-60-91)94-37-21-40-102-99-35-14-19-47-115(99)128-120(94)102)113-45-17-12-34-98(113)101-39-22-43-108-119(101)104-70-86(54-63-107(104)124(108)89-65-79-66-111(124)112-76-121(112,72-79)75-89)85-27-20-26-84(69-85)82-50-57-92(58-51-82)127(93-61-62-96-95-32-10-15-41-105(95)123(110(96)71-93,87-28-6-2-7-29-87)88-30-8-3-9-31-88)114-46-18-13-33-97(114)100-38-23-44-109-118(100)103-36-11-16-42-106(103)125(109)116-67-77-64-78-68-117(125)122(116,73-77)74-78/h1-63,69-71,77-79,89,111-112,116-117H,64-68,72-76H2. The predicted octanol–water partition coefficient (Wildman–Crippen LogP) is 32.3. The zero-order chi connectivity index (χ0) is 83.5. The third kappa shape index (κ3) is 9.69. The Kier molecular flexibility index (Phi) is 15.0. The van der Waals surface area contributed by atoms with Crippen LogP contribution in [0.15, 0.2) is 405 Å². The molecule has 30 rings (SSSR count). The van der Waals surface area contributed by atoms with E-state index < -0.39 is 5.41 Å². The Labute approximate surface area is 748 Å². The first kappa shape index (κ1) is 72.3. The first-order valence-corrected chi connectivity index (χ1v) is 47.4. The van der Waals surface area contributed by atoms with Gasteiger partial charge in [-0.25, -0.2) is 0 Å². The molecule has 10 atom stereocenters. The molecule has 1 aromatic heterocycles. The number of furan rings is 1. The zero-order valence-corrected chi connectivity index (χ0v) is 71.6. The zero-order valence-electron chi connectivity index (χ0n) is 71.6. The van der Waals surface area contributed by atoms with Crippen molar-refractivity contribution < 1.29 is 4.42 Å². The number of hydrogen-bond acceptors (Lipinski definition) is 3. The quantitative estimate of drug-likeness (QED) is 0.108. The minimum atomic E-state index is -0.585. The predicted molar refractivity (Wildman–Crippen MR) is 524 cm³/mol. The minimum absolute atomic E-state index is 0.0548. The lowest BCUT2D eigenvalue weighted by Gasteiger charge is -2.64. The smallest absolute Gasteiger partial charge is 0.143 e. The van der Waals surface area contributed by atoms with E-state index in [1.165, 1.54) is 181 Å². The van der Waals surface area contributed by atoms with Crippen LogP contribution < -0.4 is 9.80 Å². The van der Waals surface area contributed by atoms with Gasteiger partial charge < -0.3 is 14.2 Å². The maximum Gasteiger partial charge on any atom is 0.143 e. The molecule has 12 aliphatic rings. The SMILES string of the molecule is c1ccc(-c2ccc(N(c3ccc(-c4cccc5c4oc4ccccc45)cc3)c3ccccc3-c3cccc4c3-c3cc(-c5cccc(-c6ccc(N(c7ccc8c(c7)C(c7ccccc7)(c7ccccc7)c7ccccc7-8)c7ccccc7-c7cccc8c7-c7ccccc7C87C8CC9CC%10CC7C8(C9)C%10)cc6)c5)ccc3C43C4CC5CC3C3CC3(C5)C4)cc2)cc1. The first-order chi connectivity index (χ1) is 63.3. The minimum Gasteiger partial charge on any atom is -0.455 e. The van der Waals surface area contributed by atoms with Crippen LogP contribution in [0.25, 0.3) is 122 Å². The monoisotopic (exact) mass is 1640 g/mol. The van der Waals surface area contributed by atoms with Crippen molar-refractivity contribution in [1.82, 2.24) is 0 Å². The van der Waals surface area contributed by atoms with E-state index in [1.807, 2.05) is 0 Å². The van der Waals surface area contributed by atoms with E-state index in [4.69, 9.17) is 4.42 Å². The molecule has 9 fully saturated rings. The molecule has 18 aromatic rings. The number of nitrogens with zero attached hydrogens (tertiary/aromatic N) is 2. The Balaban J connectivity index is 0.571. The van der Waals surface area contributed by atoms with Crippen LogP contribution in [0, 0.1) is 58.2 Å². The van der Waals surface area contributed by atoms with Crippen molar-refractivity contribution in [2.45, 2.75) is 80.5 Å². The largest absolute Gasteiger partial charge is 0.455 e. The fourth-order valence-corrected chi connectivity index (χ4v) is 30.7. The van der Waals surface area contributed by atoms with Gasteiger partial charge in [0.2, 0.25) is 0 Å². The van der Waals surface area contributed by atoms with Gasteiger partial charge in [0.05, 0.1) is 16.8 Å². The van der Waals surface area contributed by atoms with Crippen molar-refractivity contribution in [3.8, 4) is 100 Å². The first-order valence-electron chi connectivity index (χ1n) is 47.4. The molecule has 3 heteroatoms. The molecule has 610 valence electrons. The van der Waals surface area contributed by atoms with Gasteiger partial charge in [-0.05, 0) is 329 Å². The second-order valence-electron chi connectivity index (χ2n) is 40.2. The van der Waals surface area contributed by atoms with E-state index in [-0.39, 0.29) is 10.8 Å². The fourth-order valence-electron chi connectivity index (χ4n) is 30.7. The van der Waals surface area contributed by atoms with Crippen molar-refractivity contribution in [1.29, 1.82) is 0 Å². The average molecular weight is 1640 g/mol. The van der Waals surface area contributed by atoms with Gasteiger partial charge in [-0.15, -0.1) is 0 Å². The van der Waals surface area contributed by atoms with E-state index in [1.54, 1.807) is 22.3 Å². The highest BCUT2D eigenvalue weighted by Gasteiger charge is 2.80. The number of rotatable bonds is 14. The number of anilines is 6. The number of para-hydroxylation sites is 4. The van der Waals surface area contributed by atoms with Crippen molar-refractivity contribution >= 4 is 56.1 Å². The average Bonchev–Trinajstić information content (AvgIpc) is 1.46. The maximum atomic E-state index is 6.67. The van der Waals surface area contributed by atoms with Crippen molar-refractivity contribution in [2.75, 3.05) is 9.80 Å². The number of hydrogen-bond donors (Lipinski definition) is 0. The molecular weight excluding hydrogens is 1550 g/mol. The van der Waals surface area contributed by atoms with Gasteiger partial charge in [-0.1, -0.05) is 322 Å². The summed E-state index contributed by atoms with van der Waals surface area (Å²) in [6.45, 7) is 0. The summed E-state index contributed by atoms with van der Waals surface area (Å²) in [5, 5.41) is 2.27. The second kappa shape index (κ2) is 26.6. The fraction of sp³-hybridized carbons (Fsp3) is 0.184. The molecular formula is C125H94N2O. The van der Waals surface area contributed by atoms with Crippen LogP contribution in [0.5, 0.6) is 0 Å². The van der Waals surface area contributed by atoms with E-state index in [0.717, 1.165) is 85.2 Å². The van der Waals surface area contributed by atoms with E-state index in [9.17, 15) is 0 Å². The molecule has 0 amide bonds. The van der Waals surface area contributed by atoms with Crippen LogP contribution in [0.1, 0.15) is 109 Å². The molecule has 10 unspecified atom stereocenters. The van der Waals surface area contributed by atoms with Crippen LogP contribution in [-0.2, 0) is 16.2 Å². The summed E-state index contributed by atoms with van der Waals surface area (Å²) < 4.78 is 6.67. The highest BCUT2D eigenvalue weighted by Crippen LogP contribution is 2.86. The van der Waals surface area contributed by atoms with Crippen molar-refractivity contribution in [2.24, 2.45) is 58.2 Å². The van der Waals surface area contributed by atoms with E-state index in [0.29, 0.717) is 34.5 Å².